The second kappa shape index (κ2) is 9.58. The van der Waals surface area contributed by atoms with Crippen molar-refractivity contribution in [2.45, 2.75) is 64.1 Å². The second-order valence-electron chi connectivity index (χ2n) is 8.57. The Morgan fingerprint density at radius 2 is 1.93 bits per heavy atom. The van der Waals surface area contributed by atoms with Crippen LogP contribution in [0.3, 0.4) is 0 Å². The monoisotopic (exact) mass is 447 g/mol. The molecule has 1 unspecified atom stereocenters. The van der Waals surface area contributed by atoms with Gasteiger partial charge in [0.2, 0.25) is 0 Å². The summed E-state index contributed by atoms with van der Waals surface area (Å²) in [5.41, 5.74) is -0.301. The van der Waals surface area contributed by atoms with Crippen LogP contribution in [0.2, 0.25) is 0 Å². The van der Waals surface area contributed by atoms with Gasteiger partial charge in [-0.1, -0.05) is 44.4 Å². The van der Waals surface area contributed by atoms with Crippen molar-refractivity contribution in [1.82, 2.24) is 20.4 Å². The van der Waals surface area contributed by atoms with Crippen LogP contribution in [0.1, 0.15) is 52.9 Å². The van der Waals surface area contributed by atoms with E-state index in [2.05, 4.69) is 32.7 Å². The molecule has 1 atom stereocenters. The predicted octanol–water partition coefficient (Wildman–Crippen LogP) is 3.45. The van der Waals surface area contributed by atoms with Crippen LogP contribution < -0.4 is 16.0 Å². The molecule has 0 spiro atoms. The zero-order chi connectivity index (χ0) is 21.8. The number of piperazine rings is 1. The highest BCUT2D eigenvalue weighted by Crippen LogP contribution is 2.38. The Bertz CT molecular complexity index is 785. The molecule has 0 radical (unpaired) electrons. The predicted molar refractivity (Wildman–Crippen MR) is 130 cm³/mol. The van der Waals surface area contributed by atoms with E-state index in [1.54, 1.807) is 0 Å². The number of nitrogens with zero attached hydrogens (tertiary/aromatic N) is 2. The summed E-state index contributed by atoms with van der Waals surface area (Å²) in [5.74, 6) is -0.0621. The summed E-state index contributed by atoms with van der Waals surface area (Å²) < 4.78 is 0. The number of unbranched alkanes of at least 4 members (excludes halogenated alkanes) is 3. The molecule has 164 valence electrons. The highest BCUT2D eigenvalue weighted by Gasteiger charge is 2.56. The topological polar surface area (TPSA) is 59.6 Å². The lowest BCUT2D eigenvalue weighted by Gasteiger charge is -2.56. The van der Waals surface area contributed by atoms with Crippen LogP contribution in [-0.2, 0) is 4.79 Å². The van der Waals surface area contributed by atoms with Gasteiger partial charge in [-0.15, -0.1) is 0 Å². The summed E-state index contributed by atoms with van der Waals surface area (Å²) in [4.78, 5) is 17.1. The van der Waals surface area contributed by atoms with Crippen molar-refractivity contribution in [1.29, 1.82) is 0 Å². The third-order valence-electron chi connectivity index (χ3n) is 6.08. The molecule has 2 fully saturated rings. The van der Waals surface area contributed by atoms with E-state index in [0.717, 1.165) is 38.0 Å². The first-order valence-corrected chi connectivity index (χ1v) is 11.6. The van der Waals surface area contributed by atoms with Crippen LogP contribution >= 0.6 is 24.4 Å². The summed E-state index contributed by atoms with van der Waals surface area (Å²) in [5, 5.41) is 11.0. The Balaban J connectivity index is 1.96. The molecular formula is C22H33N5OS2. The van der Waals surface area contributed by atoms with Gasteiger partial charge in [-0.3, -0.25) is 4.79 Å². The van der Waals surface area contributed by atoms with Gasteiger partial charge in [0.25, 0.3) is 5.91 Å². The molecule has 0 aliphatic carbocycles. The fourth-order valence-corrected chi connectivity index (χ4v) is 5.40. The molecule has 3 N–H and O–H groups in total. The first-order valence-electron chi connectivity index (χ1n) is 10.8. The summed E-state index contributed by atoms with van der Waals surface area (Å²) >= 11 is 11.6. The van der Waals surface area contributed by atoms with E-state index < -0.39 is 11.2 Å². The maximum absolute atomic E-state index is 12.7. The van der Waals surface area contributed by atoms with Crippen LogP contribution in [-0.4, -0.2) is 56.8 Å². The van der Waals surface area contributed by atoms with E-state index in [4.69, 9.17) is 24.4 Å². The standard InChI is InChI=1S/C22H33N5OS2/c1-4-5-6-10-13-22(27-20(30)25-18(28)21(27,2)3)16-23-14-15-26(22)19(29)24-17-11-8-7-9-12-17/h7-9,11-12,23H,4-6,10,13-16H2,1-3H3,(H,24,29)(H,25,28,30). The van der Waals surface area contributed by atoms with Gasteiger partial charge in [0.15, 0.2) is 10.2 Å². The number of carbonyl (C=O) groups is 1. The molecule has 0 saturated carbocycles. The Hall–Kier alpha value is -1.77. The Morgan fingerprint density at radius 3 is 2.57 bits per heavy atom. The summed E-state index contributed by atoms with van der Waals surface area (Å²) in [6.45, 7) is 8.36. The molecule has 1 amide bonds. The first kappa shape index (κ1) is 22.9. The Kier molecular flexibility index (Phi) is 7.31. The normalized spacial score (nSPS) is 23.4. The van der Waals surface area contributed by atoms with Crippen molar-refractivity contribution >= 4 is 46.3 Å². The lowest BCUT2D eigenvalue weighted by molar-refractivity contribution is -0.130. The molecule has 1 aromatic carbocycles. The van der Waals surface area contributed by atoms with Crippen LogP contribution in [0.4, 0.5) is 5.69 Å². The Morgan fingerprint density at radius 1 is 1.20 bits per heavy atom. The van der Waals surface area contributed by atoms with Crippen molar-refractivity contribution < 1.29 is 4.79 Å². The highest BCUT2D eigenvalue weighted by atomic mass is 32.1. The summed E-state index contributed by atoms with van der Waals surface area (Å²) in [7, 11) is 0. The lowest BCUT2D eigenvalue weighted by Crippen LogP contribution is -2.74. The molecular weight excluding hydrogens is 414 g/mol. The zero-order valence-electron chi connectivity index (χ0n) is 18.2. The molecule has 2 saturated heterocycles. The maximum Gasteiger partial charge on any atom is 0.251 e. The molecule has 2 aliphatic rings. The number of anilines is 1. The molecule has 1 aromatic rings. The van der Waals surface area contributed by atoms with Crippen molar-refractivity contribution in [3.63, 3.8) is 0 Å². The quantitative estimate of drug-likeness (QED) is 0.437. The van der Waals surface area contributed by atoms with Crippen molar-refractivity contribution in [3.05, 3.63) is 30.3 Å². The van der Waals surface area contributed by atoms with Gasteiger partial charge in [-0.05, 0) is 63.3 Å². The minimum atomic E-state index is -0.749. The Labute approximate surface area is 190 Å². The third-order valence-corrected chi connectivity index (χ3v) is 6.69. The maximum atomic E-state index is 12.7. The van der Waals surface area contributed by atoms with Crippen LogP contribution in [0.5, 0.6) is 0 Å². The zero-order valence-corrected chi connectivity index (χ0v) is 19.8. The first-order chi connectivity index (χ1) is 14.3. The van der Waals surface area contributed by atoms with Crippen molar-refractivity contribution in [3.8, 4) is 0 Å². The van der Waals surface area contributed by atoms with Crippen molar-refractivity contribution in [2.75, 3.05) is 25.0 Å². The number of hydrogen-bond donors (Lipinski definition) is 3. The number of amides is 1. The lowest BCUT2D eigenvalue weighted by atomic mass is 9.90. The smallest absolute Gasteiger partial charge is 0.251 e. The van der Waals surface area contributed by atoms with Gasteiger partial charge in [0.1, 0.15) is 11.2 Å². The van der Waals surface area contributed by atoms with E-state index >= 15 is 0 Å². The number of para-hydroxylation sites is 1. The second-order valence-corrected chi connectivity index (χ2v) is 9.34. The fourth-order valence-electron chi connectivity index (χ4n) is 4.53. The molecule has 30 heavy (non-hydrogen) atoms. The van der Waals surface area contributed by atoms with Gasteiger partial charge < -0.3 is 25.8 Å². The van der Waals surface area contributed by atoms with E-state index in [1.807, 2.05) is 44.2 Å². The van der Waals surface area contributed by atoms with Crippen LogP contribution in [0.25, 0.3) is 0 Å². The minimum Gasteiger partial charge on any atom is -0.333 e. The van der Waals surface area contributed by atoms with Gasteiger partial charge in [-0.25, -0.2) is 0 Å². The average Bonchev–Trinajstić information content (AvgIpc) is 2.93. The van der Waals surface area contributed by atoms with Crippen LogP contribution in [0, 0.1) is 0 Å². The molecule has 2 aliphatic heterocycles. The number of hydrogen-bond acceptors (Lipinski definition) is 4. The molecule has 3 rings (SSSR count). The van der Waals surface area contributed by atoms with Crippen molar-refractivity contribution in [2.24, 2.45) is 0 Å². The number of benzene rings is 1. The largest absolute Gasteiger partial charge is 0.333 e. The molecule has 0 aromatic heterocycles. The van der Waals surface area contributed by atoms with Crippen LogP contribution in [0.15, 0.2) is 30.3 Å². The SMILES string of the molecule is CCCCCCC1(N2C(=S)NC(=O)C2(C)C)CNCCN1C(=S)Nc1ccccc1. The summed E-state index contributed by atoms with van der Waals surface area (Å²) in [6.07, 6.45) is 5.43. The molecule has 0 bridgehead atoms. The molecule has 2 heterocycles. The minimum absolute atomic E-state index is 0.0621. The molecule has 6 nitrogen and oxygen atoms in total. The number of nitrogens with one attached hydrogen (secondary N) is 3. The number of carbonyl (C=O) groups excluding carboxylic acids is 1. The highest BCUT2D eigenvalue weighted by molar-refractivity contribution is 7.80. The fraction of sp³-hybridized carbons (Fsp3) is 0.591. The number of rotatable bonds is 7. The summed E-state index contributed by atoms with van der Waals surface area (Å²) in [6, 6.07) is 9.98. The van der Waals surface area contributed by atoms with E-state index in [-0.39, 0.29) is 5.91 Å². The van der Waals surface area contributed by atoms with Gasteiger partial charge in [0, 0.05) is 25.3 Å². The van der Waals surface area contributed by atoms with E-state index in [1.165, 1.54) is 12.8 Å². The van der Waals surface area contributed by atoms with Gasteiger partial charge >= 0.3 is 0 Å². The third kappa shape index (κ3) is 4.45. The average molecular weight is 448 g/mol. The van der Waals surface area contributed by atoms with Gasteiger partial charge in [0.05, 0.1) is 0 Å². The number of thiocarbonyl (C=S) groups is 2. The molecule has 8 heteroatoms. The van der Waals surface area contributed by atoms with E-state index in [0.29, 0.717) is 16.8 Å². The van der Waals surface area contributed by atoms with E-state index in [9.17, 15) is 4.79 Å². The van der Waals surface area contributed by atoms with Gasteiger partial charge in [-0.2, -0.15) is 0 Å².